The van der Waals surface area contributed by atoms with Gasteiger partial charge in [0.1, 0.15) is 0 Å². The lowest BCUT2D eigenvalue weighted by Crippen LogP contribution is -2.72. The van der Waals surface area contributed by atoms with Crippen LogP contribution in [0.2, 0.25) is 5.02 Å². The number of benzene rings is 2. The number of aromatic nitrogens is 1. The Morgan fingerprint density at radius 2 is 2.00 bits per heavy atom. The van der Waals surface area contributed by atoms with Gasteiger partial charge in [-0.2, -0.15) is 0 Å². The molecule has 0 bridgehead atoms. The number of carboxylic acid groups (broad SMARTS) is 1. The highest BCUT2D eigenvalue weighted by atomic mass is 35.5. The fourth-order valence-electron chi connectivity index (χ4n) is 4.92. The fraction of sp³-hybridized carbons (Fsp3) is 0.348. The van der Waals surface area contributed by atoms with Gasteiger partial charge in [-0.25, -0.2) is 9.78 Å². The number of primary amides is 1. The van der Waals surface area contributed by atoms with Gasteiger partial charge in [0, 0.05) is 12.1 Å². The SMILES string of the molecule is CN1c2ccc(C(=O)O)cc2NC1(Nc1nc2ccc(Cl)cc2s1)C(C(N)=O)N1CCCCC1. The molecule has 2 aromatic carbocycles. The summed E-state index contributed by atoms with van der Waals surface area (Å²) in [6, 6.07) is 9.59. The highest BCUT2D eigenvalue weighted by Crippen LogP contribution is 2.44. The Kier molecular flexibility index (Phi) is 5.75. The monoisotopic (exact) mass is 500 g/mol. The van der Waals surface area contributed by atoms with Gasteiger partial charge in [-0.05, 0) is 62.3 Å². The maximum atomic E-state index is 13.0. The van der Waals surface area contributed by atoms with E-state index in [9.17, 15) is 14.7 Å². The van der Waals surface area contributed by atoms with Crippen LogP contribution in [0, 0.1) is 0 Å². The molecule has 0 radical (unpaired) electrons. The van der Waals surface area contributed by atoms with Gasteiger partial charge in [-0.1, -0.05) is 29.4 Å². The van der Waals surface area contributed by atoms with Crippen molar-refractivity contribution in [2.45, 2.75) is 31.1 Å². The molecule has 11 heteroatoms. The molecular weight excluding hydrogens is 476 g/mol. The maximum Gasteiger partial charge on any atom is 0.335 e. The van der Waals surface area contributed by atoms with Crippen molar-refractivity contribution >= 4 is 61.5 Å². The van der Waals surface area contributed by atoms with Crippen molar-refractivity contribution in [2.24, 2.45) is 5.73 Å². The number of carbonyl (C=O) groups excluding carboxylic acids is 1. The van der Waals surface area contributed by atoms with Crippen molar-refractivity contribution < 1.29 is 14.7 Å². The van der Waals surface area contributed by atoms with E-state index in [2.05, 4.69) is 15.5 Å². The number of carboxylic acids is 1. The van der Waals surface area contributed by atoms with Crippen molar-refractivity contribution in [2.75, 3.05) is 35.7 Å². The van der Waals surface area contributed by atoms with Gasteiger partial charge in [-0.15, -0.1) is 0 Å². The molecule has 2 aliphatic rings. The maximum absolute atomic E-state index is 13.0. The Bertz CT molecular complexity index is 1280. The number of amides is 1. The van der Waals surface area contributed by atoms with Crippen molar-refractivity contribution in [3.63, 3.8) is 0 Å². The average molecular weight is 501 g/mol. The molecule has 5 N–H and O–H groups in total. The van der Waals surface area contributed by atoms with Gasteiger partial charge in [0.2, 0.25) is 11.7 Å². The number of anilines is 3. The van der Waals surface area contributed by atoms with E-state index < -0.39 is 23.7 Å². The summed E-state index contributed by atoms with van der Waals surface area (Å²) < 4.78 is 0.907. The van der Waals surface area contributed by atoms with Crippen LogP contribution in [0.25, 0.3) is 10.2 Å². The summed E-state index contributed by atoms with van der Waals surface area (Å²) in [4.78, 5) is 33.3. The summed E-state index contributed by atoms with van der Waals surface area (Å²) in [5, 5.41) is 17.6. The van der Waals surface area contributed by atoms with Crippen LogP contribution in [0.4, 0.5) is 16.5 Å². The number of likely N-dealkylation sites (tertiary alicyclic amines) is 1. The zero-order valence-corrected chi connectivity index (χ0v) is 20.1. The van der Waals surface area contributed by atoms with Crippen molar-refractivity contribution in [3.05, 3.63) is 47.0 Å². The predicted molar refractivity (Wildman–Crippen MR) is 135 cm³/mol. The quantitative estimate of drug-likeness (QED) is 0.404. The van der Waals surface area contributed by atoms with E-state index in [1.165, 1.54) is 11.3 Å². The van der Waals surface area contributed by atoms with E-state index in [1.807, 2.05) is 24.1 Å². The fourth-order valence-corrected chi connectivity index (χ4v) is 6.12. The van der Waals surface area contributed by atoms with Crippen LogP contribution >= 0.6 is 22.9 Å². The minimum absolute atomic E-state index is 0.152. The number of hydrogen-bond acceptors (Lipinski definition) is 8. The Morgan fingerprint density at radius 1 is 1.24 bits per heavy atom. The molecular formula is C23H25ClN6O3S. The van der Waals surface area contributed by atoms with E-state index in [0.717, 1.165) is 48.3 Å². The average Bonchev–Trinajstić information content (AvgIpc) is 3.31. The normalized spacial score (nSPS) is 21.2. The van der Waals surface area contributed by atoms with Crippen LogP contribution in [0.3, 0.4) is 0 Å². The van der Waals surface area contributed by atoms with Gasteiger partial charge in [0.25, 0.3) is 0 Å². The van der Waals surface area contributed by atoms with Gasteiger partial charge in [0.15, 0.2) is 11.2 Å². The van der Waals surface area contributed by atoms with Crippen LogP contribution < -0.4 is 21.3 Å². The molecule has 1 aromatic heterocycles. The summed E-state index contributed by atoms with van der Waals surface area (Å²) in [6.45, 7) is 1.47. The second-order valence-corrected chi connectivity index (χ2v) is 10.1. The molecule has 1 fully saturated rings. The van der Waals surface area contributed by atoms with Crippen LogP contribution in [-0.2, 0) is 4.79 Å². The van der Waals surface area contributed by atoms with Gasteiger partial charge < -0.3 is 26.4 Å². The Morgan fingerprint density at radius 3 is 2.71 bits per heavy atom. The second-order valence-electron chi connectivity index (χ2n) is 8.65. The van der Waals surface area contributed by atoms with E-state index in [4.69, 9.17) is 22.3 Å². The molecule has 0 spiro atoms. The molecule has 5 rings (SSSR count). The van der Waals surface area contributed by atoms with E-state index in [0.29, 0.717) is 15.8 Å². The molecule has 2 unspecified atom stereocenters. The molecule has 1 saturated heterocycles. The topological polar surface area (TPSA) is 124 Å². The standard InChI is InChI=1S/C23H25ClN6O3S/c1-29-17-8-5-13(21(32)33)11-16(17)27-23(29,19(20(25)31)30-9-3-2-4-10-30)28-22-26-15-7-6-14(24)12-18(15)34-22/h5-8,11-12,19,27H,2-4,9-10H2,1H3,(H2,25,31)(H,26,28)(H,32,33). The van der Waals surface area contributed by atoms with E-state index in [1.54, 1.807) is 24.3 Å². The number of carbonyl (C=O) groups is 2. The summed E-state index contributed by atoms with van der Waals surface area (Å²) in [7, 11) is 1.86. The first-order valence-corrected chi connectivity index (χ1v) is 12.2. The number of nitrogens with zero attached hydrogens (tertiary/aromatic N) is 3. The number of thiazole rings is 1. The van der Waals surface area contributed by atoms with Crippen LogP contribution in [-0.4, -0.2) is 58.8 Å². The zero-order chi connectivity index (χ0) is 24.0. The van der Waals surface area contributed by atoms with Crippen molar-refractivity contribution in [1.29, 1.82) is 0 Å². The Labute approximate surface area is 205 Å². The van der Waals surface area contributed by atoms with Crippen LogP contribution in [0.15, 0.2) is 36.4 Å². The summed E-state index contributed by atoms with van der Waals surface area (Å²) in [5.41, 5.74) is 8.33. The number of aromatic carboxylic acids is 1. The number of nitrogens with two attached hydrogens (primary N) is 1. The summed E-state index contributed by atoms with van der Waals surface area (Å²) in [5.74, 6) is -2.69. The highest BCUT2D eigenvalue weighted by Gasteiger charge is 2.54. The molecule has 2 aliphatic heterocycles. The Balaban J connectivity index is 1.62. The van der Waals surface area contributed by atoms with Crippen molar-refractivity contribution in [3.8, 4) is 0 Å². The second kappa shape index (κ2) is 8.61. The van der Waals surface area contributed by atoms with Gasteiger partial charge >= 0.3 is 5.97 Å². The lowest BCUT2D eigenvalue weighted by atomic mass is 10.0. The van der Waals surface area contributed by atoms with E-state index in [-0.39, 0.29) is 5.56 Å². The minimum Gasteiger partial charge on any atom is -0.478 e. The Hall–Kier alpha value is -3.08. The molecule has 34 heavy (non-hydrogen) atoms. The number of likely N-dealkylation sites (N-methyl/N-ethyl adjacent to an activating group) is 1. The van der Waals surface area contributed by atoms with Crippen LogP contribution in [0.5, 0.6) is 0 Å². The first kappa shape index (κ1) is 22.7. The number of rotatable bonds is 6. The number of halogens is 1. The lowest BCUT2D eigenvalue weighted by molar-refractivity contribution is -0.125. The van der Waals surface area contributed by atoms with Gasteiger partial charge in [-0.3, -0.25) is 9.69 Å². The molecule has 1 amide bonds. The lowest BCUT2D eigenvalue weighted by Gasteiger charge is -2.47. The summed E-state index contributed by atoms with van der Waals surface area (Å²) >= 11 is 7.59. The number of nitrogens with one attached hydrogen (secondary N) is 2. The molecule has 178 valence electrons. The number of hydrogen-bond donors (Lipinski definition) is 4. The molecule has 9 nitrogen and oxygen atoms in total. The highest BCUT2D eigenvalue weighted by molar-refractivity contribution is 7.22. The van der Waals surface area contributed by atoms with E-state index >= 15 is 0 Å². The third kappa shape index (κ3) is 3.81. The molecule has 0 saturated carbocycles. The number of piperidine rings is 1. The predicted octanol–water partition coefficient (Wildman–Crippen LogP) is 3.62. The third-order valence-corrected chi connectivity index (χ3v) is 7.70. The molecule has 0 aliphatic carbocycles. The zero-order valence-electron chi connectivity index (χ0n) is 18.5. The van der Waals surface area contributed by atoms with Crippen molar-refractivity contribution in [1.82, 2.24) is 9.88 Å². The smallest absolute Gasteiger partial charge is 0.335 e. The molecule has 3 aromatic rings. The molecule has 2 atom stereocenters. The minimum atomic E-state index is -1.18. The summed E-state index contributed by atoms with van der Waals surface area (Å²) in [6.07, 6.45) is 3.05. The third-order valence-electron chi connectivity index (χ3n) is 6.53. The van der Waals surface area contributed by atoms with Gasteiger partial charge in [0.05, 0.1) is 27.2 Å². The largest absolute Gasteiger partial charge is 0.478 e. The number of fused-ring (bicyclic) bond motifs is 2. The molecule has 3 heterocycles. The van der Waals surface area contributed by atoms with Crippen LogP contribution in [0.1, 0.15) is 29.6 Å². The first-order valence-electron chi connectivity index (χ1n) is 11.1. The first-order chi connectivity index (χ1) is 16.3.